The van der Waals surface area contributed by atoms with E-state index in [0.29, 0.717) is 11.4 Å². The summed E-state index contributed by atoms with van der Waals surface area (Å²) in [7, 11) is 0. The van der Waals surface area contributed by atoms with Crippen LogP contribution in [0.25, 0.3) is 11.9 Å². The lowest BCUT2D eigenvalue weighted by Gasteiger charge is -2.03. The minimum atomic E-state index is 0.456. The zero-order valence-electron chi connectivity index (χ0n) is 7.87. The van der Waals surface area contributed by atoms with E-state index in [2.05, 4.69) is 21.9 Å². The third-order valence-electron chi connectivity index (χ3n) is 1.92. The Morgan fingerprint density at radius 2 is 2.33 bits per heavy atom. The molecule has 0 fully saturated rings. The number of hydrogen-bond acceptors (Lipinski definition) is 4. The first-order chi connectivity index (χ1) is 7.35. The SMILES string of the molecule is C=Cc1cnc(-n2ccnn2)c(C=O)c1. The van der Waals surface area contributed by atoms with E-state index in [4.69, 9.17) is 0 Å². The molecule has 5 heteroatoms. The van der Waals surface area contributed by atoms with Gasteiger partial charge in [0.25, 0.3) is 0 Å². The van der Waals surface area contributed by atoms with Crippen molar-refractivity contribution < 1.29 is 4.79 Å². The molecule has 0 saturated carbocycles. The number of hydrogen-bond donors (Lipinski definition) is 0. The molecule has 2 rings (SSSR count). The van der Waals surface area contributed by atoms with Crippen LogP contribution in [0.4, 0.5) is 0 Å². The Hall–Kier alpha value is -2.30. The number of rotatable bonds is 3. The summed E-state index contributed by atoms with van der Waals surface area (Å²) >= 11 is 0. The van der Waals surface area contributed by atoms with Crippen LogP contribution in [0.1, 0.15) is 15.9 Å². The molecule has 2 aromatic rings. The van der Waals surface area contributed by atoms with Gasteiger partial charge in [0.05, 0.1) is 18.0 Å². The van der Waals surface area contributed by atoms with Crippen LogP contribution in [0, 0.1) is 0 Å². The van der Waals surface area contributed by atoms with Crippen LogP contribution in [0.5, 0.6) is 0 Å². The summed E-state index contributed by atoms with van der Waals surface area (Å²) in [6, 6.07) is 1.70. The molecule has 2 heterocycles. The molecule has 5 nitrogen and oxygen atoms in total. The highest BCUT2D eigenvalue weighted by Gasteiger charge is 2.06. The fourth-order valence-corrected chi connectivity index (χ4v) is 1.20. The van der Waals surface area contributed by atoms with Gasteiger partial charge < -0.3 is 0 Å². The number of nitrogens with zero attached hydrogens (tertiary/aromatic N) is 4. The molecule has 0 radical (unpaired) electrons. The first-order valence-corrected chi connectivity index (χ1v) is 4.29. The Kier molecular flexibility index (Phi) is 2.37. The third kappa shape index (κ3) is 1.67. The zero-order chi connectivity index (χ0) is 10.7. The molecule has 0 unspecified atom stereocenters. The van der Waals surface area contributed by atoms with Gasteiger partial charge in [-0.25, -0.2) is 9.67 Å². The Labute approximate surface area is 86.1 Å². The second kappa shape index (κ2) is 3.83. The van der Waals surface area contributed by atoms with Crippen LogP contribution in [0.3, 0.4) is 0 Å². The molecule has 0 spiro atoms. The monoisotopic (exact) mass is 200 g/mol. The van der Waals surface area contributed by atoms with E-state index in [1.165, 1.54) is 10.9 Å². The van der Waals surface area contributed by atoms with E-state index in [0.717, 1.165) is 11.8 Å². The minimum Gasteiger partial charge on any atom is -0.298 e. The van der Waals surface area contributed by atoms with Gasteiger partial charge in [0.2, 0.25) is 0 Å². The van der Waals surface area contributed by atoms with Gasteiger partial charge in [-0.05, 0) is 11.6 Å². The molecule has 0 N–H and O–H groups in total. The number of carbonyl (C=O) groups excluding carboxylic acids is 1. The molecule has 15 heavy (non-hydrogen) atoms. The predicted octanol–water partition coefficient (Wildman–Crippen LogP) is 1.12. The smallest absolute Gasteiger partial charge is 0.165 e. The van der Waals surface area contributed by atoms with Gasteiger partial charge in [-0.2, -0.15) is 0 Å². The topological polar surface area (TPSA) is 60.7 Å². The lowest BCUT2D eigenvalue weighted by molar-refractivity contribution is 0.112. The molecule has 0 saturated heterocycles. The number of aldehydes is 1. The van der Waals surface area contributed by atoms with Crippen molar-refractivity contribution in [2.24, 2.45) is 0 Å². The Bertz CT molecular complexity index is 490. The molecule has 74 valence electrons. The van der Waals surface area contributed by atoms with Crippen molar-refractivity contribution in [1.82, 2.24) is 20.0 Å². The van der Waals surface area contributed by atoms with Gasteiger partial charge in [-0.3, -0.25) is 4.79 Å². The van der Waals surface area contributed by atoms with Gasteiger partial charge in [0.1, 0.15) is 0 Å². The number of aromatic nitrogens is 4. The lowest BCUT2D eigenvalue weighted by atomic mass is 10.2. The molecule has 0 atom stereocenters. The van der Waals surface area contributed by atoms with E-state index in [9.17, 15) is 4.79 Å². The normalized spacial score (nSPS) is 9.87. The van der Waals surface area contributed by atoms with Crippen LogP contribution in [0.15, 0.2) is 31.2 Å². The molecular formula is C10H8N4O. The maximum absolute atomic E-state index is 10.9. The summed E-state index contributed by atoms with van der Waals surface area (Å²) < 4.78 is 1.44. The Morgan fingerprint density at radius 1 is 1.47 bits per heavy atom. The van der Waals surface area contributed by atoms with Crippen molar-refractivity contribution in [3.05, 3.63) is 42.4 Å². The molecule has 0 aliphatic rings. The Balaban J connectivity index is 2.57. The summed E-state index contributed by atoms with van der Waals surface area (Å²) in [5.41, 5.74) is 1.25. The molecule has 0 aliphatic carbocycles. The standard InChI is InChI=1S/C10H8N4O/c1-2-8-5-9(7-15)10(11-6-8)14-4-3-12-13-14/h2-7H,1H2. The van der Waals surface area contributed by atoms with Crippen molar-refractivity contribution >= 4 is 12.4 Å². The van der Waals surface area contributed by atoms with Gasteiger partial charge in [0, 0.05) is 6.20 Å². The molecule has 0 aliphatic heterocycles. The first kappa shape index (κ1) is 9.26. The van der Waals surface area contributed by atoms with E-state index in [1.807, 2.05) is 0 Å². The highest BCUT2D eigenvalue weighted by Crippen LogP contribution is 2.11. The molecule has 0 bridgehead atoms. The molecule has 2 aromatic heterocycles. The average Bonchev–Trinajstić information content (AvgIpc) is 2.81. The summed E-state index contributed by atoms with van der Waals surface area (Å²) in [6.45, 7) is 3.61. The van der Waals surface area contributed by atoms with Gasteiger partial charge in [0.15, 0.2) is 12.1 Å². The highest BCUT2D eigenvalue weighted by molar-refractivity contribution is 5.80. The predicted molar refractivity (Wildman–Crippen MR) is 54.6 cm³/mol. The van der Waals surface area contributed by atoms with Crippen LogP contribution in [0.2, 0.25) is 0 Å². The van der Waals surface area contributed by atoms with Gasteiger partial charge >= 0.3 is 0 Å². The minimum absolute atomic E-state index is 0.456. The van der Waals surface area contributed by atoms with Crippen molar-refractivity contribution in [3.63, 3.8) is 0 Å². The Morgan fingerprint density at radius 3 is 2.93 bits per heavy atom. The van der Waals surface area contributed by atoms with Crippen molar-refractivity contribution in [2.75, 3.05) is 0 Å². The summed E-state index contributed by atoms with van der Waals surface area (Å²) in [5, 5.41) is 7.42. The molecular weight excluding hydrogens is 192 g/mol. The quantitative estimate of drug-likeness (QED) is 0.696. The summed E-state index contributed by atoms with van der Waals surface area (Å²) in [6.07, 6.45) is 7.14. The van der Waals surface area contributed by atoms with Crippen molar-refractivity contribution in [2.45, 2.75) is 0 Å². The van der Waals surface area contributed by atoms with E-state index >= 15 is 0 Å². The van der Waals surface area contributed by atoms with E-state index in [1.54, 1.807) is 24.5 Å². The molecule has 0 aromatic carbocycles. The lowest BCUT2D eigenvalue weighted by Crippen LogP contribution is -2.03. The van der Waals surface area contributed by atoms with E-state index < -0.39 is 0 Å². The maximum atomic E-state index is 10.9. The van der Waals surface area contributed by atoms with Crippen LogP contribution in [-0.2, 0) is 0 Å². The highest BCUT2D eigenvalue weighted by atomic mass is 16.1. The second-order valence-electron chi connectivity index (χ2n) is 2.85. The second-order valence-corrected chi connectivity index (χ2v) is 2.85. The fraction of sp³-hybridized carbons (Fsp3) is 0. The number of carbonyl (C=O) groups is 1. The number of pyridine rings is 1. The average molecular weight is 200 g/mol. The van der Waals surface area contributed by atoms with Crippen molar-refractivity contribution in [1.29, 1.82) is 0 Å². The van der Waals surface area contributed by atoms with Crippen molar-refractivity contribution in [3.8, 4) is 5.82 Å². The summed E-state index contributed by atoms with van der Waals surface area (Å²) in [4.78, 5) is 15.0. The van der Waals surface area contributed by atoms with Gasteiger partial charge in [-0.15, -0.1) is 5.10 Å². The van der Waals surface area contributed by atoms with Crippen LogP contribution < -0.4 is 0 Å². The van der Waals surface area contributed by atoms with Gasteiger partial charge in [-0.1, -0.05) is 17.9 Å². The summed E-state index contributed by atoms with van der Waals surface area (Å²) in [5.74, 6) is 0.466. The first-order valence-electron chi connectivity index (χ1n) is 4.29. The van der Waals surface area contributed by atoms with Crippen LogP contribution in [-0.4, -0.2) is 26.3 Å². The largest absolute Gasteiger partial charge is 0.298 e. The fourth-order valence-electron chi connectivity index (χ4n) is 1.20. The van der Waals surface area contributed by atoms with Crippen LogP contribution >= 0.6 is 0 Å². The molecule has 0 amide bonds. The third-order valence-corrected chi connectivity index (χ3v) is 1.92. The maximum Gasteiger partial charge on any atom is 0.165 e. The zero-order valence-corrected chi connectivity index (χ0v) is 7.87. The van der Waals surface area contributed by atoms with E-state index in [-0.39, 0.29) is 0 Å².